The van der Waals surface area contributed by atoms with Crippen molar-refractivity contribution in [2.75, 3.05) is 22.2 Å². The molecule has 0 aliphatic carbocycles. The molecule has 0 atom stereocenters. The van der Waals surface area contributed by atoms with E-state index >= 15 is 0 Å². The number of nitrogens with zero attached hydrogens (tertiary/aromatic N) is 4. The summed E-state index contributed by atoms with van der Waals surface area (Å²) >= 11 is 24.8. The molecule has 1 aliphatic rings. The average molecular weight is 655 g/mol. The molecule has 16 heteroatoms. The molecule has 0 fully saturated rings. The Morgan fingerprint density at radius 1 is 0.821 bits per heavy atom. The maximum Gasteiger partial charge on any atom is 0.283 e. The zero-order valence-corrected chi connectivity index (χ0v) is 25.1. The number of allylic oxidation sites excluding steroid dienone is 2. The summed E-state index contributed by atoms with van der Waals surface area (Å²) in [5.41, 5.74) is 1.86. The highest BCUT2D eigenvalue weighted by atomic mass is 35.5. The highest BCUT2D eigenvalue weighted by Crippen LogP contribution is 2.45. The Labute approximate surface area is 245 Å². The topological polar surface area (TPSA) is 130 Å². The Kier molecular flexibility index (Phi) is 8.52. The first kappa shape index (κ1) is 29.9. The second kappa shape index (κ2) is 11.1. The fraction of sp³-hybridized carbons (Fsp3) is 0.261. The fourth-order valence-electron chi connectivity index (χ4n) is 4.53. The molecule has 210 valence electrons. The number of rotatable bonds is 8. The van der Waals surface area contributed by atoms with Crippen LogP contribution < -0.4 is 14.4 Å². The number of fused-ring (bicyclic) bond motifs is 2. The predicted octanol–water partition coefficient (Wildman–Crippen LogP) is 4.77. The molecule has 0 radical (unpaired) electrons. The zero-order valence-electron chi connectivity index (χ0n) is 20.4. The van der Waals surface area contributed by atoms with Gasteiger partial charge in [-0.15, -0.1) is 0 Å². The minimum atomic E-state index is -4.70. The van der Waals surface area contributed by atoms with E-state index in [1.807, 2.05) is 13.8 Å². The molecule has 1 aromatic heterocycles. The lowest BCUT2D eigenvalue weighted by atomic mass is 10.2. The van der Waals surface area contributed by atoms with Gasteiger partial charge in [0, 0.05) is 24.8 Å². The van der Waals surface area contributed by atoms with E-state index in [-0.39, 0.29) is 20.1 Å². The number of halogens is 4. The molecule has 2 aromatic carbocycles. The van der Waals surface area contributed by atoms with Gasteiger partial charge in [-0.2, -0.15) is 0 Å². The van der Waals surface area contributed by atoms with Crippen LogP contribution in [0, 0.1) is 0 Å². The first-order chi connectivity index (χ1) is 18.1. The lowest BCUT2D eigenvalue weighted by Crippen LogP contribution is -2.40. The zero-order chi connectivity index (χ0) is 28.9. The summed E-state index contributed by atoms with van der Waals surface area (Å²) in [7, 11) is -9.41. The Balaban J connectivity index is 1.90. The van der Waals surface area contributed by atoms with Gasteiger partial charge in [0.05, 0.1) is 38.0 Å². The molecule has 0 saturated heterocycles. The van der Waals surface area contributed by atoms with Crippen molar-refractivity contribution in [3.8, 4) is 0 Å². The van der Waals surface area contributed by atoms with Crippen molar-refractivity contribution in [1.82, 2.24) is 4.57 Å². The summed E-state index contributed by atoms with van der Waals surface area (Å²) in [6, 6.07) is 6.11. The van der Waals surface area contributed by atoms with E-state index in [4.69, 9.17) is 46.4 Å². The third kappa shape index (κ3) is 6.18. The van der Waals surface area contributed by atoms with Gasteiger partial charge in [0.25, 0.3) is 5.82 Å². The number of aryl methyl sites for hydroxylation is 1. The van der Waals surface area contributed by atoms with Crippen LogP contribution in [-0.4, -0.2) is 42.9 Å². The van der Waals surface area contributed by atoms with Crippen LogP contribution in [-0.2, 0) is 32.7 Å². The Bertz CT molecular complexity index is 1750. The number of hydrogen-bond donors (Lipinski definition) is 0. The second-order valence-electron chi connectivity index (χ2n) is 8.47. The summed E-state index contributed by atoms with van der Waals surface area (Å²) in [5.74, 6) is -1.05. The lowest BCUT2D eigenvalue weighted by Gasteiger charge is -2.25. The molecular formula is C23H21Cl4N4O6S2-. The number of imidazole rings is 1. The van der Waals surface area contributed by atoms with Gasteiger partial charge in [-0.3, -0.25) is 0 Å². The first-order valence-corrected chi connectivity index (χ1v) is 16.0. The molecule has 4 rings (SSSR count). The molecule has 0 N–H and O–H groups in total. The average Bonchev–Trinajstić information content (AvgIpc) is 3.23. The van der Waals surface area contributed by atoms with Crippen LogP contribution in [0.4, 0.5) is 11.4 Å². The normalized spacial score (nSPS) is 15.3. The molecule has 0 unspecified atom stereocenters. The van der Waals surface area contributed by atoms with Crippen molar-refractivity contribution in [2.24, 2.45) is 0 Å². The molecule has 1 aliphatic heterocycles. The standard InChI is InChI=1S/C23H22Cl4N4O6S2/c1-3-28-18-8-14(24)16(26)10-20(18)30(12-38(32,33)34)22(28)6-5-7-23-29(4-2)19-9-15(25)17(27)11-21(19)31(23)13-39(35,36)37/h5-11H,3-4,12-13H2,1-2H3,(H-,32,33,34,35,36,37)/p-1. The predicted molar refractivity (Wildman–Crippen MR) is 151 cm³/mol. The minimum Gasteiger partial charge on any atom is -0.747 e. The number of anilines is 2. The summed E-state index contributed by atoms with van der Waals surface area (Å²) in [6.45, 7) is 4.43. The number of hydrogen-bond acceptors (Lipinski definition) is 8. The third-order valence-electron chi connectivity index (χ3n) is 6.00. The van der Waals surface area contributed by atoms with Crippen LogP contribution in [0.25, 0.3) is 17.1 Å². The van der Waals surface area contributed by atoms with Crippen LogP contribution in [0.15, 0.2) is 42.2 Å². The quantitative estimate of drug-likeness (QED) is 0.251. The molecule has 39 heavy (non-hydrogen) atoms. The van der Waals surface area contributed by atoms with Crippen molar-refractivity contribution >= 4 is 95.1 Å². The maximum atomic E-state index is 11.8. The van der Waals surface area contributed by atoms with Gasteiger partial charge in [0.1, 0.15) is 31.9 Å². The van der Waals surface area contributed by atoms with E-state index < -0.39 is 32.0 Å². The summed E-state index contributed by atoms with van der Waals surface area (Å²) in [6.07, 6.45) is 4.67. The SMILES string of the molecule is CCN1C(=CC=Cc2n(CC)c3cc(Cl)c(Cl)cc3[n+]2CS(=O)(=O)[O-])N(CS(=O)(=O)[O-])c2cc(Cl)c(Cl)cc21. The Hall–Kier alpha value is -2.03. The molecular weight excluding hydrogens is 634 g/mol. The highest BCUT2D eigenvalue weighted by Gasteiger charge is 2.32. The molecule has 2 heterocycles. The highest BCUT2D eigenvalue weighted by molar-refractivity contribution is 7.85. The van der Waals surface area contributed by atoms with Gasteiger partial charge in [0.15, 0.2) is 16.9 Å². The van der Waals surface area contributed by atoms with Crippen molar-refractivity contribution in [3.05, 3.63) is 68.2 Å². The second-order valence-corrected chi connectivity index (χ2v) is 12.8. The minimum absolute atomic E-state index is 0.182. The van der Waals surface area contributed by atoms with Crippen LogP contribution in [0.3, 0.4) is 0 Å². The molecule has 0 amide bonds. The molecule has 0 spiro atoms. The first-order valence-electron chi connectivity index (χ1n) is 11.4. The summed E-state index contributed by atoms with van der Waals surface area (Å²) < 4.78 is 73.6. The van der Waals surface area contributed by atoms with E-state index in [9.17, 15) is 25.9 Å². The summed E-state index contributed by atoms with van der Waals surface area (Å²) in [4.78, 5) is 3.05. The Morgan fingerprint density at radius 2 is 1.38 bits per heavy atom. The summed E-state index contributed by atoms with van der Waals surface area (Å²) in [5, 5.41) is 0.864. The van der Waals surface area contributed by atoms with E-state index in [0.717, 1.165) is 0 Å². The lowest BCUT2D eigenvalue weighted by molar-refractivity contribution is -0.654. The smallest absolute Gasteiger partial charge is 0.283 e. The molecule has 10 nitrogen and oxygen atoms in total. The van der Waals surface area contributed by atoms with Crippen LogP contribution in [0.2, 0.25) is 20.1 Å². The van der Waals surface area contributed by atoms with Crippen molar-refractivity contribution in [3.63, 3.8) is 0 Å². The molecule has 3 aromatic rings. The largest absolute Gasteiger partial charge is 0.747 e. The van der Waals surface area contributed by atoms with Crippen LogP contribution in [0.1, 0.15) is 19.7 Å². The monoisotopic (exact) mass is 653 g/mol. The fourth-order valence-corrected chi connectivity index (χ4v) is 6.34. The molecule has 0 bridgehead atoms. The van der Waals surface area contributed by atoms with E-state index in [1.54, 1.807) is 39.8 Å². The van der Waals surface area contributed by atoms with E-state index in [1.165, 1.54) is 21.6 Å². The third-order valence-corrected chi connectivity index (χ3v) is 8.59. The van der Waals surface area contributed by atoms with Crippen LogP contribution >= 0.6 is 46.4 Å². The maximum absolute atomic E-state index is 11.8. The van der Waals surface area contributed by atoms with E-state index in [0.29, 0.717) is 47.1 Å². The van der Waals surface area contributed by atoms with Crippen molar-refractivity contribution in [2.45, 2.75) is 26.3 Å². The van der Waals surface area contributed by atoms with Gasteiger partial charge in [-0.05, 0) is 32.1 Å². The van der Waals surface area contributed by atoms with E-state index in [2.05, 4.69) is 0 Å². The Morgan fingerprint density at radius 3 is 1.92 bits per heavy atom. The molecule has 0 saturated carbocycles. The van der Waals surface area contributed by atoms with Gasteiger partial charge in [-0.25, -0.2) is 26.0 Å². The van der Waals surface area contributed by atoms with Gasteiger partial charge < -0.3 is 18.9 Å². The van der Waals surface area contributed by atoms with Gasteiger partial charge >= 0.3 is 0 Å². The number of benzene rings is 2. The number of aromatic nitrogens is 2. The van der Waals surface area contributed by atoms with Crippen LogP contribution in [0.5, 0.6) is 0 Å². The van der Waals surface area contributed by atoms with Gasteiger partial charge in [-0.1, -0.05) is 52.5 Å². The van der Waals surface area contributed by atoms with Crippen molar-refractivity contribution < 1.29 is 30.5 Å². The van der Waals surface area contributed by atoms with Crippen molar-refractivity contribution in [1.29, 1.82) is 0 Å². The van der Waals surface area contributed by atoms with Gasteiger partial charge in [0.2, 0.25) is 0 Å².